The molecule has 0 aromatic heterocycles. The lowest BCUT2D eigenvalue weighted by atomic mass is 9.87. The topological polar surface area (TPSA) is 361 Å². The first-order valence-corrected chi connectivity index (χ1v) is 25.2. The summed E-state index contributed by atoms with van der Waals surface area (Å²) in [6, 6.07) is -3.34. The van der Waals surface area contributed by atoms with Gasteiger partial charge in [-0.1, -0.05) is 98.9 Å². The maximum absolute atomic E-state index is 13.2. The maximum Gasteiger partial charge on any atom is 0.315 e. The molecule has 15 N–H and O–H groups in total. The predicted octanol–water partition coefficient (Wildman–Crippen LogP) is 0.0203. The average molecular weight is 1040 g/mol. The third kappa shape index (κ3) is 22.8. The Bertz CT molecular complexity index is 1880. The number of esters is 1. The number of aliphatic hydroxyl groups is 11. The van der Waals surface area contributed by atoms with E-state index in [1.807, 2.05) is 19.1 Å². The molecule has 3 aliphatic heterocycles. The van der Waals surface area contributed by atoms with Gasteiger partial charge in [0.1, 0.15) is 12.2 Å². The minimum absolute atomic E-state index is 0.00166. The standard InChI is InChI=1S/C52H83N3O18/c1-31-18-15-13-11-9-7-5-6-8-10-12-14-16-20-39(72-50-49(67)45(53)48(66)34(4)71-50)27-43-46(55-51(68)54-30-36(58)19-17-23-56)42(63)29-52(69,73-43)28-38(60)25-41(62)40(61)22-21-35(57)24-37(59)26-44(64)70-33(3)32(2)47(31)65/h5-16,18,20,31-35,37-43,45-50,56-57,59-63,65-67,69H,17,19,21-30,53H2,1-4H3,(H2,54,55,68)/b6-5+,9-7+,10-8+,13-11+,14-12+,18-15+,20-16+/t31-,32-,33-,34+,35+,37+,38-,39-,40+,41+,42-,43-,45-,46+,47+,48+,49-,50-,52+/m0/s1. The number of nitrogens with two attached hydrogens (primary N) is 1. The number of Topliss-reactive ketones (excluding diaryl/α,β-unsaturated/α-hetero) is 1. The van der Waals surface area contributed by atoms with E-state index in [-0.39, 0.29) is 56.8 Å². The highest BCUT2D eigenvalue weighted by Gasteiger charge is 2.49. The van der Waals surface area contributed by atoms with Crippen LogP contribution in [0.5, 0.6) is 0 Å². The summed E-state index contributed by atoms with van der Waals surface area (Å²) in [5.41, 5.74) is 6.10. The molecule has 73 heavy (non-hydrogen) atoms. The van der Waals surface area contributed by atoms with Crippen LogP contribution in [0.25, 0.3) is 0 Å². The van der Waals surface area contributed by atoms with Crippen LogP contribution in [0.1, 0.15) is 91.9 Å². The van der Waals surface area contributed by atoms with Crippen molar-refractivity contribution in [2.75, 3.05) is 13.2 Å². The zero-order valence-electron chi connectivity index (χ0n) is 42.3. The van der Waals surface area contributed by atoms with Gasteiger partial charge in [0.05, 0.1) is 92.2 Å². The normalized spacial score (nSPS) is 41.7. The first-order valence-electron chi connectivity index (χ1n) is 25.2. The minimum atomic E-state index is -2.32. The van der Waals surface area contributed by atoms with Crippen LogP contribution in [-0.4, -0.2) is 191 Å². The molecule has 414 valence electrons. The highest BCUT2D eigenvalue weighted by atomic mass is 16.7. The Morgan fingerprint density at radius 1 is 0.712 bits per heavy atom. The van der Waals surface area contributed by atoms with Crippen molar-refractivity contribution in [2.45, 2.75) is 195 Å². The lowest BCUT2D eigenvalue weighted by Crippen LogP contribution is -2.64. The second-order valence-electron chi connectivity index (χ2n) is 19.4. The first-order chi connectivity index (χ1) is 34.5. The quantitative estimate of drug-likeness (QED) is 0.143. The molecule has 0 saturated carbocycles. The van der Waals surface area contributed by atoms with Crippen LogP contribution in [0.3, 0.4) is 0 Å². The molecule has 0 spiro atoms. The highest BCUT2D eigenvalue weighted by molar-refractivity contribution is 5.85. The number of amides is 2. The van der Waals surface area contributed by atoms with Crippen molar-refractivity contribution in [3.8, 4) is 0 Å². The third-order valence-corrected chi connectivity index (χ3v) is 13.1. The first kappa shape index (κ1) is 63.3. The molecule has 2 fully saturated rings. The van der Waals surface area contributed by atoms with E-state index >= 15 is 0 Å². The molecule has 2 saturated heterocycles. The van der Waals surface area contributed by atoms with E-state index in [4.69, 9.17) is 29.8 Å². The molecule has 21 nitrogen and oxygen atoms in total. The second-order valence-corrected chi connectivity index (χ2v) is 19.4. The van der Waals surface area contributed by atoms with Gasteiger partial charge in [0, 0.05) is 50.5 Å². The molecule has 2 amide bonds. The molecule has 0 aromatic carbocycles. The van der Waals surface area contributed by atoms with Gasteiger partial charge < -0.3 is 91.5 Å². The van der Waals surface area contributed by atoms with Crippen molar-refractivity contribution in [3.63, 3.8) is 0 Å². The minimum Gasteiger partial charge on any atom is -0.462 e. The van der Waals surface area contributed by atoms with E-state index in [9.17, 15) is 65.4 Å². The Morgan fingerprint density at radius 2 is 1.32 bits per heavy atom. The Labute approximate surface area is 428 Å². The number of fused-ring (bicyclic) bond motifs is 2. The van der Waals surface area contributed by atoms with Crippen LogP contribution in [0.2, 0.25) is 0 Å². The number of urea groups is 1. The molecule has 21 heteroatoms. The maximum atomic E-state index is 13.2. The van der Waals surface area contributed by atoms with E-state index in [1.165, 1.54) is 6.92 Å². The number of aliphatic hydroxyl groups excluding tert-OH is 10. The summed E-state index contributed by atoms with van der Waals surface area (Å²) in [6.07, 6.45) is 3.90. The fraction of sp³-hybridized carbons (Fsp3) is 0.673. The number of ketones is 1. The smallest absolute Gasteiger partial charge is 0.315 e. The monoisotopic (exact) mass is 1040 g/mol. The number of ether oxygens (including phenoxy) is 4. The molecule has 0 aliphatic carbocycles. The van der Waals surface area contributed by atoms with Gasteiger partial charge in [0.25, 0.3) is 0 Å². The van der Waals surface area contributed by atoms with Crippen molar-refractivity contribution in [1.82, 2.24) is 10.6 Å². The molecule has 0 unspecified atom stereocenters. The van der Waals surface area contributed by atoms with Crippen molar-refractivity contribution in [2.24, 2.45) is 17.6 Å². The molecule has 0 radical (unpaired) electrons. The second kappa shape index (κ2) is 32.4. The lowest BCUT2D eigenvalue weighted by molar-refractivity contribution is -0.303. The molecule has 2 bridgehead atoms. The van der Waals surface area contributed by atoms with Crippen molar-refractivity contribution in [3.05, 3.63) is 85.1 Å². The summed E-state index contributed by atoms with van der Waals surface area (Å²) in [4.78, 5) is 38.1. The van der Waals surface area contributed by atoms with Gasteiger partial charge in [0.2, 0.25) is 0 Å². The molecule has 19 atom stereocenters. The number of hydrogen-bond acceptors (Lipinski definition) is 19. The van der Waals surface area contributed by atoms with E-state index in [1.54, 1.807) is 86.8 Å². The van der Waals surface area contributed by atoms with E-state index in [0.29, 0.717) is 0 Å². The zero-order valence-corrected chi connectivity index (χ0v) is 42.3. The number of carbonyl (C=O) groups is 3. The van der Waals surface area contributed by atoms with Crippen molar-refractivity contribution < 1.29 is 89.5 Å². The summed E-state index contributed by atoms with van der Waals surface area (Å²) < 4.78 is 23.7. The molecular weight excluding hydrogens is 955 g/mol. The summed E-state index contributed by atoms with van der Waals surface area (Å²) in [6.45, 7) is 6.12. The van der Waals surface area contributed by atoms with Gasteiger partial charge in [-0.15, -0.1) is 0 Å². The predicted molar refractivity (Wildman–Crippen MR) is 268 cm³/mol. The van der Waals surface area contributed by atoms with E-state index in [0.717, 1.165) is 0 Å². The van der Waals surface area contributed by atoms with Crippen LogP contribution in [-0.2, 0) is 28.5 Å². The largest absolute Gasteiger partial charge is 0.462 e. The molecular formula is C52H83N3O18. The molecule has 0 aromatic rings. The molecule has 3 heterocycles. The Balaban J connectivity index is 1.94. The fourth-order valence-corrected chi connectivity index (χ4v) is 8.58. The summed E-state index contributed by atoms with van der Waals surface area (Å²) in [7, 11) is 0. The number of carbonyl (C=O) groups excluding carboxylic acids is 3. The Hall–Kier alpha value is -4.01. The van der Waals surface area contributed by atoms with Crippen LogP contribution in [0.15, 0.2) is 85.1 Å². The Kier molecular flexibility index (Phi) is 28.1. The van der Waals surface area contributed by atoms with Gasteiger partial charge >= 0.3 is 12.0 Å². The van der Waals surface area contributed by atoms with Crippen molar-refractivity contribution >= 4 is 17.8 Å². The van der Waals surface area contributed by atoms with Gasteiger partial charge in [-0.2, -0.15) is 0 Å². The average Bonchev–Trinajstić information content (AvgIpc) is 3.32. The van der Waals surface area contributed by atoms with Crippen molar-refractivity contribution in [1.29, 1.82) is 0 Å². The summed E-state index contributed by atoms with van der Waals surface area (Å²) in [5.74, 6) is -4.19. The summed E-state index contributed by atoms with van der Waals surface area (Å²) in [5, 5.41) is 124. The number of hydrogen-bond donors (Lipinski definition) is 14. The van der Waals surface area contributed by atoms with Crippen LogP contribution < -0.4 is 16.4 Å². The van der Waals surface area contributed by atoms with E-state index < -0.39 is 154 Å². The van der Waals surface area contributed by atoms with Gasteiger partial charge in [-0.3, -0.25) is 9.59 Å². The number of nitrogens with one attached hydrogen (secondary N) is 2. The fourth-order valence-electron chi connectivity index (χ4n) is 8.58. The zero-order chi connectivity index (χ0) is 54.3. The molecule has 3 rings (SSSR count). The number of rotatable bonds is 8. The van der Waals surface area contributed by atoms with E-state index in [2.05, 4.69) is 10.6 Å². The number of allylic oxidation sites excluding steroid dienone is 12. The van der Waals surface area contributed by atoms with Gasteiger partial charge in [-0.05, 0) is 39.5 Å². The third-order valence-electron chi connectivity index (χ3n) is 13.1. The SMILES string of the molecule is C[C@@H]1[C@H](O)[C@@H](C)/C=C/C=C/C=C/C=C/C=C/C=C/C=C/[C@H](O[C@@H]2O[C@H](C)[C@@H](O)[C@H](N)[C@@H]2O)C[C@@H]2O[C@](O)(C[C@@H](O)C[C@@H](O)[C@H](O)CC[C@@H](O)C[C@@H](O)CC(=O)O[C@H]1C)C[C@H](O)[C@H]2NC(=O)NCC(=O)CCCO. The van der Waals surface area contributed by atoms with Crippen LogP contribution in [0, 0.1) is 11.8 Å². The molecule has 3 aliphatic rings. The summed E-state index contributed by atoms with van der Waals surface area (Å²) >= 11 is 0. The van der Waals surface area contributed by atoms with Crippen LogP contribution in [0.4, 0.5) is 4.79 Å². The Morgan fingerprint density at radius 3 is 1.93 bits per heavy atom. The van der Waals surface area contributed by atoms with Gasteiger partial charge in [0.15, 0.2) is 17.9 Å². The highest BCUT2D eigenvalue weighted by Crippen LogP contribution is 2.35. The lowest BCUT2D eigenvalue weighted by Gasteiger charge is -2.46. The van der Waals surface area contributed by atoms with Crippen LogP contribution >= 0.6 is 0 Å². The van der Waals surface area contributed by atoms with Gasteiger partial charge in [-0.25, -0.2) is 4.79 Å². The number of cyclic esters (lactones) is 1.